The van der Waals surface area contributed by atoms with Gasteiger partial charge in [0.15, 0.2) is 0 Å². The number of carbonyl (C=O) groups excluding carboxylic acids is 1. The zero-order valence-electron chi connectivity index (χ0n) is 10.2. The smallest absolute Gasteiger partial charge is 0.416 e. The number of rotatable bonds is 3. The summed E-state index contributed by atoms with van der Waals surface area (Å²) in [7, 11) is 0. The zero-order chi connectivity index (χ0) is 17.3. The minimum Gasteiger partial charge on any atom is -0.872 e. The SMILES string of the molecule is O=C(/C=C(\[O-])c1c(C(F)(F)F)cccc1C(F)(F)F)C(F)F. The maximum absolute atomic E-state index is 12.7. The lowest BCUT2D eigenvalue weighted by Crippen LogP contribution is -2.21. The van der Waals surface area contributed by atoms with Crippen molar-refractivity contribution in [1.29, 1.82) is 0 Å². The summed E-state index contributed by atoms with van der Waals surface area (Å²) < 4.78 is 100. The van der Waals surface area contributed by atoms with Crippen molar-refractivity contribution in [2.45, 2.75) is 18.8 Å². The van der Waals surface area contributed by atoms with Crippen LogP contribution in [0.3, 0.4) is 0 Å². The predicted octanol–water partition coefficient (Wildman–Crippen LogP) is 3.26. The molecule has 0 unspecified atom stereocenters. The van der Waals surface area contributed by atoms with Gasteiger partial charge in [-0.25, -0.2) is 8.78 Å². The van der Waals surface area contributed by atoms with Gasteiger partial charge in [0.1, 0.15) is 0 Å². The molecule has 0 radical (unpaired) electrons. The summed E-state index contributed by atoms with van der Waals surface area (Å²) in [6, 6.07) is 0.781. The molecule has 0 aliphatic heterocycles. The summed E-state index contributed by atoms with van der Waals surface area (Å²) in [5.41, 5.74) is -5.83. The summed E-state index contributed by atoms with van der Waals surface area (Å²) in [5.74, 6) is -4.28. The standard InChI is InChI=1S/C12H6F8O2/c13-10(14)8(22)4-7(21)9-5(11(15,16)17)2-1-3-6(9)12(18,19)20/h1-4,10,21H/p-1/b7-4-. The average Bonchev–Trinajstić information content (AvgIpc) is 2.35. The third kappa shape index (κ3) is 3.95. The highest BCUT2D eigenvalue weighted by Gasteiger charge is 2.40. The van der Waals surface area contributed by atoms with Crippen LogP contribution in [-0.2, 0) is 17.1 Å². The molecule has 1 aromatic rings. The average molecular weight is 333 g/mol. The fourth-order valence-electron chi connectivity index (χ4n) is 1.55. The molecule has 0 amide bonds. The number of ketones is 1. The van der Waals surface area contributed by atoms with Crippen molar-refractivity contribution in [2.24, 2.45) is 0 Å². The van der Waals surface area contributed by atoms with E-state index in [1.807, 2.05) is 0 Å². The number of hydrogen-bond acceptors (Lipinski definition) is 2. The molecule has 2 nitrogen and oxygen atoms in total. The highest BCUT2D eigenvalue weighted by atomic mass is 19.4. The lowest BCUT2D eigenvalue weighted by atomic mass is 9.97. The Bertz CT molecular complexity index is 566. The van der Waals surface area contributed by atoms with Gasteiger partial charge in [-0.3, -0.25) is 4.79 Å². The van der Waals surface area contributed by atoms with Gasteiger partial charge < -0.3 is 5.11 Å². The Morgan fingerprint density at radius 2 is 1.41 bits per heavy atom. The van der Waals surface area contributed by atoms with Gasteiger partial charge >= 0.3 is 12.4 Å². The van der Waals surface area contributed by atoms with E-state index in [1.54, 1.807) is 0 Å². The van der Waals surface area contributed by atoms with Crippen molar-refractivity contribution in [3.8, 4) is 0 Å². The van der Waals surface area contributed by atoms with E-state index in [2.05, 4.69) is 0 Å². The number of carbonyl (C=O) groups is 1. The van der Waals surface area contributed by atoms with Gasteiger partial charge in [-0.05, 0) is 23.8 Å². The molecule has 0 bridgehead atoms. The molecule has 0 heterocycles. The van der Waals surface area contributed by atoms with Crippen LogP contribution in [0.4, 0.5) is 35.1 Å². The zero-order valence-corrected chi connectivity index (χ0v) is 10.2. The van der Waals surface area contributed by atoms with E-state index in [-0.39, 0.29) is 12.1 Å². The fourth-order valence-corrected chi connectivity index (χ4v) is 1.55. The van der Waals surface area contributed by atoms with Gasteiger partial charge in [-0.2, -0.15) is 26.3 Å². The second-order valence-electron chi connectivity index (χ2n) is 3.94. The highest BCUT2D eigenvalue weighted by Crippen LogP contribution is 2.41. The van der Waals surface area contributed by atoms with Crippen molar-refractivity contribution in [3.05, 3.63) is 41.0 Å². The quantitative estimate of drug-likeness (QED) is 0.484. The van der Waals surface area contributed by atoms with Crippen molar-refractivity contribution >= 4 is 11.5 Å². The number of benzene rings is 1. The summed E-state index contributed by atoms with van der Waals surface area (Å²) in [6.45, 7) is 0. The summed E-state index contributed by atoms with van der Waals surface area (Å²) in [4.78, 5) is 10.7. The molecule has 0 spiro atoms. The predicted molar refractivity (Wildman–Crippen MR) is 55.4 cm³/mol. The van der Waals surface area contributed by atoms with Gasteiger partial charge in [0.2, 0.25) is 5.78 Å². The van der Waals surface area contributed by atoms with Gasteiger partial charge in [0.05, 0.1) is 11.1 Å². The van der Waals surface area contributed by atoms with Gasteiger partial charge in [0.25, 0.3) is 6.43 Å². The molecule has 1 aromatic carbocycles. The van der Waals surface area contributed by atoms with Crippen molar-refractivity contribution in [3.63, 3.8) is 0 Å². The van der Waals surface area contributed by atoms with Crippen LogP contribution in [-0.4, -0.2) is 12.2 Å². The normalized spacial score (nSPS) is 13.6. The van der Waals surface area contributed by atoms with Crippen LogP contribution >= 0.6 is 0 Å². The molecule has 0 aliphatic rings. The first-order chi connectivity index (χ1) is 9.85. The Balaban J connectivity index is 3.65. The number of allylic oxidation sites excluding steroid dienone is 1. The van der Waals surface area contributed by atoms with Gasteiger partial charge in [-0.1, -0.05) is 11.8 Å². The number of hydrogen-bond donors (Lipinski definition) is 0. The third-order valence-electron chi connectivity index (χ3n) is 2.41. The van der Waals surface area contributed by atoms with Crippen LogP contribution in [0.25, 0.3) is 5.76 Å². The Kier molecular flexibility index (Phi) is 4.83. The molecule has 122 valence electrons. The molecule has 0 aliphatic carbocycles. The Labute approximate surface area is 117 Å². The molecule has 1 rings (SSSR count). The van der Waals surface area contributed by atoms with Gasteiger partial charge in [-0.15, -0.1) is 0 Å². The van der Waals surface area contributed by atoms with E-state index in [9.17, 15) is 45.0 Å². The Morgan fingerprint density at radius 3 is 1.73 bits per heavy atom. The molecule has 0 aromatic heterocycles. The minimum absolute atomic E-state index is 0.184. The molecule has 0 N–H and O–H groups in total. The lowest BCUT2D eigenvalue weighted by molar-refractivity contribution is -0.245. The molecular weight excluding hydrogens is 328 g/mol. The maximum Gasteiger partial charge on any atom is 0.416 e. The third-order valence-corrected chi connectivity index (χ3v) is 2.41. The van der Waals surface area contributed by atoms with Crippen LogP contribution in [0.5, 0.6) is 0 Å². The van der Waals surface area contributed by atoms with E-state index >= 15 is 0 Å². The molecule has 0 saturated heterocycles. The van der Waals surface area contributed by atoms with Crippen LogP contribution in [0.2, 0.25) is 0 Å². The summed E-state index contributed by atoms with van der Waals surface area (Å²) in [6.07, 6.45) is -14.9. The molecule has 10 heteroatoms. The minimum atomic E-state index is -5.34. The van der Waals surface area contributed by atoms with E-state index in [0.717, 1.165) is 0 Å². The number of halogens is 8. The van der Waals surface area contributed by atoms with E-state index in [4.69, 9.17) is 0 Å². The fraction of sp³-hybridized carbons (Fsp3) is 0.250. The second kappa shape index (κ2) is 5.93. The maximum atomic E-state index is 12.7. The first kappa shape index (κ1) is 17.9. The van der Waals surface area contributed by atoms with Crippen LogP contribution in [0.15, 0.2) is 24.3 Å². The van der Waals surface area contributed by atoms with E-state index in [1.165, 1.54) is 0 Å². The molecule has 0 fully saturated rings. The molecule has 0 atom stereocenters. The van der Waals surface area contributed by atoms with Crippen LogP contribution in [0, 0.1) is 0 Å². The highest BCUT2D eigenvalue weighted by molar-refractivity contribution is 5.97. The Morgan fingerprint density at radius 1 is 1.00 bits per heavy atom. The van der Waals surface area contributed by atoms with Gasteiger partial charge in [0, 0.05) is 0 Å². The lowest BCUT2D eigenvalue weighted by Gasteiger charge is -2.23. The summed E-state index contributed by atoms with van der Waals surface area (Å²) >= 11 is 0. The number of alkyl halides is 8. The van der Waals surface area contributed by atoms with Crippen molar-refractivity contribution < 1.29 is 45.0 Å². The monoisotopic (exact) mass is 333 g/mol. The Hall–Kier alpha value is -2.13. The summed E-state index contributed by atoms with van der Waals surface area (Å²) in [5, 5.41) is 11.5. The van der Waals surface area contributed by atoms with Crippen molar-refractivity contribution in [1.82, 2.24) is 0 Å². The van der Waals surface area contributed by atoms with Crippen LogP contribution < -0.4 is 5.11 Å². The van der Waals surface area contributed by atoms with E-state index in [0.29, 0.717) is 6.07 Å². The first-order valence-corrected chi connectivity index (χ1v) is 5.34. The first-order valence-electron chi connectivity index (χ1n) is 5.34. The molecular formula is C12H5F8O2-. The second-order valence-corrected chi connectivity index (χ2v) is 3.94. The topological polar surface area (TPSA) is 40.1 Å². The van der Waals surface area contributed by atoms with E-state index < -0.39 is 53.1 Å². The largest absolute Gasteiger partial charge is 0.872 e. The molecule has 22 heavy (non-hydrogen) atoms. The molecule has 0 saturated carbocycles. The van der Waals surface area contributed by atoms with Crippen LogP contribution in [0.1, 0.15) is 16.7 Å². The van der Waals surface area contributed by atoms with Crippen molar-refractivity contribution in [2.75, 3.05) is 0 Å².